The highest BCUT2D eigenvalue weighted by Crippen LogP contribution is 2.34. The summed E-state index contributed by atoms with van der Waals surface area (Å²) in [6.07, 6.45) is 6.28. The molecule has 1 aliphatic rings. The Morgan fingerprint density at radius 2 is 1.97 bits per heavy atom. The van der Waals surface area contributed by atoms with Crippen LogP contribution in [0.3, 0.4) is 0 Å². The maximum Gasteiger partial charge on any atom is 0.328 e. The molecular weight excluding hydrogens is 444 g/mol. The molecule has 1 aromatic heterocycles. The van der Waals surface area contributed by atoms with E-state index in [0.29, 0.717) is 18.3 Å². The van der Waals surface area contributed by atoms with E-state index in [4.69, 9.17) is 9.47 Å². The van der Waals surface area contributed by atoms with Gasteiger partial charge >= 0.3 is 5.97 Å². The number of aromatic nitrogens is 1. The second-order valence-electron chi connectivity index (χ2n) is 9.89. The minimum absolute atomic E-state index is 0.146. The molecular formula is C28H38N2O5. The summed E-state index contributed by atoms with van der Waals surface area (Å²) in [5, 5.41) is 13.0. The molecule has 3 rings (SSSR count). The van der Waals surface area contributed by atoms with Crippen LogP contribution < -0.4 is 10.1 Å². The van der Waals surface area contributed by atoms with Crippen LogP contribution in [0.5, 0.6) is 11.5 Å². The fraction of sp³-hybridized carbons (Fsp3) is 0.536. The van der Waals surface area contributed by atoms with Gasteiger partial charge in [0.1, 0.15) is 12.1 Å². The first-order valence-electron chi connectivity index (χ1n) is 12.6. The molecule has 0 saturated carbocycles. The van der Waals surface area contributed by atoms with Gasteiger partial charge in [-0.2, -0.15) is 0 Å². The Labute approximate surface area is 208 Å². The molecule has 7 heteroatoms. The number of cyclic esters (lactones) is 1. The van der Waals surface area contributed by atoms with Crippen molar-refractivity contribution < 1.29 is 24.2 Å². The molecule has 7 nitrogen and oxygen atoms in total. The van der Waals surface area contributed by atoms with Gasteiger partial charge in [-0.25, -0.2) is 9.78 Å². The lowest BCUT2D eigenvalue weighted by Gasteiger charge is -2.32. The van der Waals surface area contributed by atoms with Gasteiger partial charge in [0.25, 0.3) is 5.91 Å². The van der Waals surface area contributed by atoms with Crippen LogP contribution in [0.15, 0.2) is 42.6 Å². The molecule has 0 radical (unpaired) electrons. The average Bonchev–Trinajstić information content (AvgIpc) is 2.87. The number of nitrogens with one attached hydrogen (secondary N) is 1. The van der Waals surface area contributed by atoms with Crippen LogP contribution in [0.2, 0.25) is 0 Å². The number of nitrogens with zero attached hydrogens (tertiary/aromatic N) is 1. The van der Waals surface area contributed by atoms with E-state index in [0.717, 1.165) is 32.1 Å². The van der Waals surface area contributed by atoms with E-state index in [1.54, 1.807) is 0 Å². The minimum atomic E-state index is -0.807. The molecule has 1 fully saturated rings. The summed E-state index contributed by atoms with van der Waals surface area (Å²) >= 11 is 0. The number of methoxy groups -OCH3 is 1. The summed E-state index contributed by atoms with van der Waals surface area (Å²) in [5.41, 5.74) is 1.11. The van der Waals surface area contributed by atoms with Gasteiger partial charge < -0.3 is 19.9 Å². The number of carbonyl (C=O) groups excluding carboxylic acids is 2. The first-order valence-corrected chi connectivity index (χ1v) is 12.6. The van der Waals surface area contributed by atoms with Gasteiger partial charge in [0.2, 0.25) is 0 Å². The van der Waals surface area contributed by atoms with Gasteiger partial charge in [-0.1, -0.05) is 57.0 Å². The summed E-state index contributed by atoms with van der Waals surface area (Å²) in [4.78, 5) is 29.9. The first kappa shape index (κ1) is 26.5. The smallest absolute Gasteiger partial charge is 0.328 e. The summed E-state index contributed by atoms with van der Waals surface area (Å²) in [5.74, 6) is -0.104. The van der Waals surface area contributed by atoms with E-state index >= 15 is 0 Å². The van der Waals surface area contributed by atoms with E-state index in [1.165, 1.54) is 24.9 Å². The van der Waals surface area contributed by atoms with Crippen molar-refractivity contribution >= 4 is 11.9 Å². The number of pyridine rings is 1. The normalized spacial score (nSPS) is 23.1. The fourth-order valence-electron chi connectivity index (χ4n) is 4.94. The van der Waals surface area contributed by atoms with Gasteiger partial charge in [-0.3, -0.25) is 4.79 Å². The van der Waals surface area contributed by atoms with E-state index in [9.17, 15) is 14.7 Å². The molecule has 0 aliphatic carbocycles. The van der Waals surface area contributed by atoms with Gasteiger partial charge in [-0.15, -0.1) is 0 Å². The molecule has 1 saturated heterocycles. The third-order valence-corrected chi connectivity index (χ3v) is 6.91. The summed E-state index contributed by atoms with van der Waals surface area (Å²) in [6.45, 7) is 6.40. The van der Waals surface area contributed by atoms with E-state index in [2.05, 4.69) is 48.4 Å². The lowest BCUT2D eigenvalue weighted by atomic mass is 9.77. The maximum absolute atomic E-state index is 13.1. The molecule has 2 heterocycles. The largest absolute Gasteiger partial charge is 0.503 e. The van der Waals surface area contributed by atoms with Crippen molar-refractivity contribution in [1.29, 1.82) is 0 Å². The number of benzene rings is 1. The SMILES string of the molecule is COc1ccnc(C(=O)NC2CCCC(Cc3ccccc3)C(CCC(C)C)C(C)OC2=O)c1O. The van der Waals surface area contributed by atoms with Crippen molar-refractivity contribution in [1.82, 2.24) is 10.3 Å². The fourth-order valence-corrected chi connectivity index (χ4v) is 4.94. The number of hydrogen-bond donors (Lipinski definition) is 2. The third-order valence-electron chi connectivity index (χ3n) is 6.91. The van der Waals surface area contributed by atoms with Crippen molar-refractivity contribution in [2.75, 3.05) is 7.11 Å². The summed E-state index contributed by atoms with van der Waals surface area (Å²) in [6, 6.07) is 11.1. The monoisotopic (exact) mass is 482 g/mol. The standard InChI is InChI=1S/C28H38N2O5/c1-18(2)13-14-22-19(3)35-28(33)23(12-8-11-21(22)17-20-9-6-5-7-10-20)30-27(32)25-26(31)24(34-4)15-16-29-25/h5-7,9-10,15-16,18-19,21-23,31H,8,11-14,17H2,1-4H3,(H,30,32). The topological polar surface area (TPSA) is 97.8 Å². The van der Waals surface area contributed by atoms with Crippen molar-refractivity contribution in [2.45, 2.75) is 71.4 Å². The predicted octanol–water partition coefficient (Wildman–Crippen LogP) is 4.92. The van der Waals surface area contributed by atoms with Crippen LogP contribution in [0.25, 0.3) is 0 Å². The maximum atomic E-state index is 13.1. The second-order valence-corrected chi connectivity index (χ2v) is 9.89. The van der Waals surface area contributed by atoms with Crippen LogP contribution in [0.1, 0.15) is 68.9 Å². The van der Waals surface area contributed by atoms with Crippen molar-refractivity contribution in [2.24, 2.45) is 17.8 Å². The Morgan fingerprint density at radius 1 is 1.23 bits per heavy atom. The van der Waals surface area contributed by atoms with Crippen molar-refractivity contribution in [3.05, 3.63) is 53.9 Å². The predicted molar refractivity (Wildman–Crippen MR) is 134 cm³/mol. The van der Waals surface area contributed by atoms with Crippen molar-refractivity contribution in [3.8, 4) is 11.5 Å². The molecule has 4 unspecified atom stereocenters. The highest BCUT2D eigenvalue weighted by Gasteiger charge is 2.34. The van der Waals surface area contributed by atoms with Crippen LogP contribution in [0, 0.1) is 17.8 Å². The number of ether oxygens (including phenoxy) is 2. The first-order chi connectivity index (χ1) is 16.8. The minimum Gasteiger partial charge on any atom is -0.503 e. The molecule has 2 N–H and O–H groups in total. The average molecular weight is 483 g/mol. The van der Waals surface area contributed by atoms with E-state index < -0.39 is 17.9 Å². The molecule has 0 spiro atoms. The molecule has 1 amide bonds. The quantitative estimate of drug-likeness (QED) is 0.518. The summed E-state index contributed by atoms with van der Waals surface area (Å²) < 4.78 is 11.0. The number of rotatable bonds is 8. The Bertz CT molecular complexity index is 979. The lowest BCUT2D eigenvalue weighted by Crippen LogP contribution is -2.43. The molecule has 35 heavy (non-hydrogen) atoms. The number of hydrogen-bond acceptors (Lipinski definition) is 6. The van der Waals surface area contributed by atoms with E-state index in [1.807, 2.05) is 13.0 Å². The van der Waals surface area contributed by atoms with Crippen LogP contribution in [-0.4, -0.2) is 41.2 Å². The Kier molecular flexibility index (Phi) is 9.52. The Hall–Kier alpha value is -3.09. The molecule has 4 atom stereocenters. The Balaban J connectivity index is 1.77. The van der Waals surface area contributed by atoms with Crippen molar-refractivity contribution in [3.63, 3.8) is 0 Å². The number of carbonyl (C=O) groups is 2. The Morgan fingerprint density at radius 3 is 2.66 bits per heavy atom. The number of esters is 1. The molecule has 1 aromatic carbocycles. The number of amides is 1. The van der Waals surface area contributed by atoms with Gasteiger partial charge in [0.15, 0.2) is 17.2 Å². The van der Waals surface area contributed by atoms with Crippen LogP contribution >= 0.6 is 0 Å². The highest BCUT2D eigenvalue weighted by atomic mass is 16.5. The van der Waals surface area contributed by atoms with Crippen LogP contribution in [0.4, 0.5) is 0 Å². The summed E-state index contributed by atoms with van der Waals surface area (Å²) in [7, 11) is 1.40. The van der Waals surface area contributed by atoms with Gasteiger partial charge in [0.05, 0.1) is 7.11 Å². The lowest BCUT2D eigenvalue weighted by molar-refractivity contribution is -0.154. The second kappa shape index (κ2) is 12.6. The highest BCUT2D eigenvalue weighted by molar-refractivity contribution is 5.97. The zero-order valence-corrected chi connectivity index (χ0v) is 21.2. The van der Waals surface area contributed by atoms with E-state index in [-0.39, 0.29) is 29.2 Å². The zero-order valence-electron chi connectivity index (χ0n) is 21.2. The third kappa shape index (κ3) is 7.20. The number of aromatic hydroxyl groups is 1. The van der Waals surface area contributed by atoms with Crippen LogP contribution in [-0.2, 0) is 16.0 Å². The molecule has 0 bridgehead atoms. The molecule has 190 valence electrons. The van der Waals surface area contributed by atoms with Gasteiger partial charge in [-0.05, 0) is 55.9 Å². The molecule has 1 aliphatic heterocycles. The zero-order chi connectivity index (χ0) is 25.4. The molecule has 2 aromatic rings. The van der Waals surface area contributed by atoms with Gasteiger partial charge in [0, 0.05) is 12.3 Å².